The van der Waals surface area contributed by atoms with Crippen LogP contribution < -0.4 is 0 Å². The molecule has 0 saturated carbocycles. The van der Waals surface area contributed by atoms with Gasteiger partial charge in [-0.25, -0.2) is 4.68 Å². The van der Waals surface area contributed by atoms with Crippen LogP contribution in [0.15, 0.2) is 30.3 Å². The summed E-state index contributed by atoms with van der Waals surface area (Å²) in [5, 5.41) is 8.46. The zero-order valence-corrected chi connectivity index (χ0v) is 18.0. The molecule has 3 rings (SSSR count). The van der Waals surface area contributed by atoms with Gasteiger partial charge in [0.05, 0.1) is 18.0 Å². The number of aromatic nitrogens is 3. The molecule has 2 aromatic carbocycles. The molecule has 0 spiro atoms. The summed E-state index contributed by atoms with van der Waals surface area (Å²) in [5.41, 5.74) is 6.29. The quantitative estimate of drug-likeness (QED) is 0.419. The summed E-state index contributed by atoms with van der Waals surface area (Å²) in [6.07, 6.45) is 0. The number of ether oxygens (including phenoxy) is 1. The third-order valence-electron chi connectivity index (χ3n) is 5.67. The predicted octanol–water partition coefficient (Wildman–Crippen LogP) is 5.29. The second-order valence-electron chi connectivity index (χ2n) is 7.83. The number of carbonyl (C=O) groups is 1. The van der Waals surface area contributed by atoms with Gasteiger partial charge in [-0.1, -0.05) is 36.9 Å². The van der Waals surface area contributed by atoms with Crippen molar-refractivity contribution in [2.75, 3.05) is 7.11 Å². The number of esters is 1. The van der Waals surface area contributed by atoms with Crippen LogP contribution in [-0.4, -0.2) is 28.1 Å². The maximum absolute atomic E-state index is 12.7. The zero-order chi connectivity index (χ0) is 20.6. The number of nitrogens with zero attached hydrogens (tertiary/aromatic N) is 3. The van der Waals surface area contributed by atoms with Crippen LogP contribution in [0.2, 0.25) is 0 Å². The zero-order valence-electron chi connectivity index (χ0n) is 17.2. The minimum absolute atomic E-state index is 0. The predicted molar refractivity (Wildman–Crippen MR) is 118 cm³/mol. The Balaban J connectivity index is 0.00000300. The highest BCUT2D eigenvalue weighted by Gasteiger charge is 2.41. The lowest BCUT2D eigenvalue weighted by atomic mass is 9.69. The van der Waals surface area contributed by atoms with Gasteiger partial charge in [-0.3, -0.25) is 4.79 Å². The largest absolute Gasteiger partial charge is 0.469 e. The van der Waals surface area contributed by atoms with Gasteiger partial charge in [0, 0.05) is 18.8 Å². The van der Waals surface area contributed by atoms with E-state index in [-0.39, 0.29) is 19.3 Å². The lowest BCUT2D eigenvalue weighted by Gasteiger charge is -2.34. The van der Waals surface area contributed by atoms with Crippen molar-refractivity contribution >= 4 is 28.6 Å². The number of carbonyl (C=O) groups excluding carboxylic acids is 1. The molecule has 0 fully saturated rings. The van der Waals surface area contributed by atoms with Crippen LogP contribution in [0.25, 0.3) is 11.0 Å². The Hall–Kier alpha value is -2.40. The minimum Gasteiger partial charge on any atom is -0.469 e. The van der Waals surface area contributed by atoms with Gasteiger partial charge in [0.1, 0.15) is 5.52 Å². The monoisotopic (exact) mass is 415 g/mol. The van der Waals surface area contributed by atoms with Crippen LogP contribution in [0, 0.1) is 19.3 Å². The van der Waals surface area contributed by atoms with Crippen molar-refractivity contribution in [2.45, 2.75) is 46.9 Å². The van der Waals surface area contributed by atoms with Crippen LogP contribution in [-0.2, 0) is 22.5 Å². The summed E-state index contributed by atoms with van der Waals surface area (Å²) in [4.78, 5) is 12.7. The van der Waals surface area contributed by atoms with Gasteiger partial charge in [0.2, 0.25) is 0 Å². The Morgan fingerprint density at radius 1 is 1.24 bits per heavy atom. The van der Waals surface area contributed by atoms with E-state index in [4.69, 9.17) is 16.3 Å². The molecule has 1 unspecified atom stereocenters. The Morgan fingerprint density at radius 2 is 1.93 bits per heavy atom. The lowest BCUT2D eigenvalue weighted by Crippen LogP contribution is -2.34. The van der Waals surface area contributed by atoms with Crippen molar-refractivity contribution in [2.24, 2.45) is 12.5 Å². The Morgan fingerprint density at radius 3 is 2.55 bits per heavy atom. The first kappa shape index (κ1) is 22.9. The molecular weight excluding hydrogens is 386 g/mol. The van der Waals surface area contributed by atoms with Gasteiger partial charge in [-0.05, 0) is 61.6 Å². The first-order valence-electron chi connectivity index (χ1n) is 9.25. The van der Waals surface area contributed by atoms with Gasteiger partial charge in [0.25, 0.3) is 0 Å². The molecule has 0 aliphatic rings. The molecule has 1 atom stereocenters. The van der Waals surface area contributed by atoms with Crippen LogP contribution in [0.5, 0.6) is 0 Å². The first-order valence-corrected chi connectivity index (χ1v) is 9.78. The second kappa shape index (κ2) is 8.54. The Bertz CT molecular complexity index is 1040. The molecule has 0 N–H and O–H groups in total. The molecule has 6 heteroatoms. The molecule has 0 saturated heterocycles. The van der Waals surface area contributed by atoms with Crippen LogP contribution in [0.4, 0.5) is 0 Å². The van der Waals surface area contributed by atoms with Gasteiger partial charge < -0.3 is 4.74 Å². The number of hydrogen-bond acceptors (Lipinski definition) is 4. The Labute approximate surface area is 178 Å². The number of aryl methyl sites for hydroxylation is 3. The van der Waals surface area contributed by atoms with E-state index in [9.17, 15) is 4.79 Å². The molecule has 0 bridgehead atoms. The molecule has 1 heterocycles. The second-order valence-corrected chi connectivity index (χ2v) is 8.09. The average Bonchev–Trinajstić information content (AvgIpc) is 3.05. The number of rotatable bonds is 5. The summed E-state index contributed by atoms with van der Waals surface area (Å²) < 4.78 is 6.91. The molecule has 0 aliphatic carbocycles. The van der Waals surface area contributed by atoms with E-state index >= 15 is 0 Å². The van der Waals surface area contributed by atoms with Crippen molar-refractivity contribution in [1.82, 2.24) is 15.0 Å². The van der Waals surface area contributed by atoms with E-state index in [2.05, 4.69) is 34.6 Å². The molecule has 0 aliphatic heterocycles. The van der Waals surface area contributed by atoms with E-state index < -0.39 is 5.41 Å². The molecule has 29 heavy (non-hydrogen) atoms. The molecule has 3 aromatic rings. The fourth-order valence-electron chi connectivity index (χ4n) is 3.94. The number of hydrogen-bond donors (Lipinski definition) is 0. The van der Waals surface area contributed by atoms with Crippen LogP contribution >= 0.6 is 11.6 Å². The van der Waals surface area contributed by atoms with Crippen molar-refractivity contribution < 1.29 is 9.53 Å². The van der Waals surface area contributed by atoms with Crippen molar-refractivity contribution in [3.63, 3.8) is 0 Å². The third kappa shape index (κ3) is 3.88. The molecular formula is C23H30ClN3O2. The van der Waals surface area contributed by atoms with Crippen molar-refractivity contribution in [3.8, 4) is 0 Å². The molecule has 0 amide bonds. The Kier molecular flexibility index (Phi) is 6.74. The summed E-state index contributed by atoms with van der Waals surface area (Å²) in [5.74, 6) is -0.0502. The van der Waals surface area contributed by atoms with Gasteiger partial charge >= 0.3 is 5.97 Å². The minimum atomic E-state index is -0.783. The summed E-state index contributed by atoms with van der Waals surface area (Å²) >= 11 is 6.16. The highest BCUT2D eigenvalue weighted by atomic mass is 35.5. The maximum Gasteiger partial charge on any atom is 0.312 e. The SMILES string of the molecule is C.COC(=O)C(C)(C)C(c1ccc(C)c(CCl)c1)c1ccc2c(nnn2C)c1C. The number of fused-ring (bicyclic) bond motifs is 1. The summed E-state index contributed by atoms with van der Waals surface area (Å²) in [6, 6.07) is 10.3. The average molecular weight is 416 g/mol. The highest BCUT2D eigenvalue weighted by molar-refractivity contribution is 6.17. The van der Waals surface area contributed by atoms with Gasteiger partial charge in [0.15, 0.2) is 0 Å². The van der Waals surface area contributed by atoms with E-state index in [0.29, 0.717) is 5.88 Å². The van der Waals surface area contributed by atoms with E-state index in [1.807, 2.05) is 40.8 Å². The fourth-order valence-corrected chi connectivity index (χ4v) is 4.23. The van der Waals surface area contributed by atoms with Gasteiger partial charge in [-0.15, -0.1) is 16.7 Å². The normalized spacial score (nSPS) is 12.5. The standard InChI is InChI=1S/C22H26ClN3O2.CH4/c1-13-7-8-15(11-16(13)12-23)19(22(3,4)21(27)28-6)17-9-10-18-20(14(17)2)24-25-26(18)5;/h7-11,19H,12H2,1-6H3;1H4. The third-order valence-corrected chi connectivity index (χ3v) is 5.96. The van der Waals surface area contributed by atoms with Crippen molar-refractivity contribution in [3.05, 3.63) is 58.1 Å². The van der Waals surface area contributed by atoms with Crippen molar-refractivity contribution in [1.29, 1.82) is 0 Å². The van der Waals surface area contributed by atoms with Gasteiger partial charge in [-0.2, -0.15) is 0 Å². The van der Waals surface area contributed by atoms with E-state index in [1.54, 1.807) is 4.68 Å². The molecule has 5 nitrogen and oxygen atoms in total. The smallest absolute Gasteiger partial charge is 0.312 e. The highest BCUT2D eigenvalue weighted by Crippen LogP contribution is 2.44. The van der Waals surface area contributed by atoms with Crippen LogP contribution in [0.3, 0.4) is 0 Å². The molecule has 0 radical (unpaired) electrons. The molecule has 156 valence electrons. The number of alkyl halides is 1. The number of halogens is 1. The number of methoxy groups -OCH3 is 1. The first-order chi connectivity index (χ1) is 13.2. The van der Waals surface area contributed by atoms with E-state index in [1.165, 1.54) is 7.11 Å². The summed E-state index contributed by atoms with van der Waals surface area (Å²) in [7, 11) is 3.30. The topological polar surface area (TPSA) is 57.0 Å². The maximum atomic E-state index is 12.7. The van der Waals surface area contributed by atoms with Crippen LogP contribution in [0.1, 0.15) is 55.0 Å². The number of benzene rings is 2. The molecule has 1 aromatic heterocycles. The fraction of sp³-hybridized carbons (Fsp3) is 0.435. The summed E-state index contributed by atoms with van der Waals surface area (Å²) in [6.45, 7) is 7.91. The van der Waals surface area contributed by atoms with E-state index in [0.717, 1.165) is 38.9 Å². The lowest BCUT2D eigenvalue weighted by molar-refractivity contribution is -0.151.